The first kappa shape index (κ1) is 13.6. The van der Waals surface area contributed by atoms with Gasteiger partial charge < -0.3 is 10.8 Å². The summed E-state index contributed by atoms with van der Waals surface area (Å²) in [5.74, 6) is 1.09. The molecule has 0 rings (SSSR count). The van der Waals surface area contributed by atoms with Crippen LogP contribution in [0.15, 0.2) is 12.7 Å². The summed E-state index contributed by atoms with van der Waals surface area (Å²) >= 11 is 0. The highest BCUT2D eigenvalue weighted by Gasteiger charge is 2.14. The van der Waals surface area contributed by atoms with Crippen molar-refractivity contribution in [1.29, 1.82) is 0 Å². The Morgan fingerprint density at radius 2 is 2.14 bits per heavy atom. The van der Waals surface area contributed by atoms with E-state index < -0.39 is 0 Å². The Bertz CT molecular complexity index is 148. The summed E-state index contributed by atoms with van der Waals surface area (Å²) in [4.78, 5) is 2.19. The number of aliphatic hydroxyl groups is 1. The Labute approximate surface area is 87.6 Å². The van der Waals surface area contributed by atoms with E-state index in [0.29, 0.717) is 24.9 Å². The second kappa shape index (κ2) is 7.97. The monoisotopic (exact) mass is 200 g/mol. The van der Waals surface area contributed by atoms with Gasteiger partial charge in [-0.05, 0) is 18.4 Å². The Morgan fingerprint density at radius 3 is 2.50 bits per heavy atom. The molecule has 0 aromatic rings. The van der Waals surface area contributed by atoms with E-state index in [4.69, 9.17) is 10.8 Å². The van der Waals surface area contributed by atoms with Crippen molar-refractivity contribution in [3.05, 3.63) is 12.7 Å². The fraction of sp³-hybridized carbons (Fsp3) is 0.818. The molecule has 0 fully saturated rings. The van der Waals surface area contributed by atoms with Crippen molar-refractivity contribution < 1.29 is 5.11 Å². The van der Waals surface area contributed by atoms with Crippen LogP contribution in [-0.4, -0.2) is 42.8 Å². The van der Waals surface area contributed by atoms with Crippen molar-refractivity contribution in [2.45, 2.75) is 13.8 Å². The van der Waals surface area contributed by atoms with E-state index in [1.54, 1.807) is 0 Å². The number of aliphatic hydroxyl groups excluding tert-OH is 1. The van der Waals surface area contributed by atoms with E-state index in [2.05, 4.69) is 25.3 Å². The van der Waals surface area contributed by atoms with Gasteiger partial charge in [0.15, 0.2) is 0 Å². The van der Waals surface area contributed by atoms with Gasteiger partial charge in [0.05, 0.1) is 6.61 Å². The molecule has 0 spiro atoms. The van der Waals surface area contributed by atoms with Gasteiger partial charge in [0.1, 0.15) is 0 Å². The van der Waals surface area contributed by atoms with Gasteiger partial charge in [0.2, 0.25) is 0 Å². The van der Waals surface area contributed by atoms with Crippen LogP contribution in [0.2, 0.25) is 0 Å². The smallest absolute Gasteiger partial charge is 0.0558 e. The van der Waals surface area contributed by atoms with E-state index >= 15 is 0 Å². The first-order valence-corrected chi connectivity index (χ1v) is 5.29. The molecule has 0 amide bonds. The largest absolute Gasteiger partial charge is 0.395 e. The van der Waals surface area contributed by atoms with Crippen LogP contribution >= 0.6 is 0 Å². The normalized spacial score (nSPS) is 13.6. The Kier molecular flexibility index (Phi) is 7.76. The highest BCUT2D eigenvalue weighted by molar-refractivity contribution is 4.76. The van der Waals surface area contributed by atoms with Crippen LogP contribution in [0.25, 0.3) is 0 Å². The molecular formula is C11H24N2O. The molecule has 0 saturated carbocycles. The Morgan fingerprint density at radius 1 is 1.50 bits per heavy atom. The van der Waals surface area contributed by atoms with Crippen LogP contribution < -0.4 is 5.73 Å². The van der Waals surface area contributed by atoms with E-state index in [1.165, 1.54) is 0 Å². The summed E-state index contributed by atoms with van der Waals surface area (Å²) in [6, 6.07) is 0. The molecule has 84 valence electrons. The Balaban J connectivity index is 4.03. The number of hydrogen-bond donors (Lipinski definition) is 2. The maximum Gasteiger partial charge on any atom is 0.0558 e. The highest BCUT2D eigenvalue weighted by atomic mass is 16.3. The fourth-order valence-corrected chi connectivity index (χ4v) is 1.47. The second-order valence-electron chi connectivity index (χ2n) is 4.01. The van der Waals surface area contributed by atoms with Gasteiger partial charge in [0.25, 0.3) is 0 Å². The molecule has 0 bridgehead atoms. The third kappa shape index (κ3) is 5.37. The van der Waals surface area contributed by atoms with Crippen molar-refractivity contribution in [3.8, 4) is 0 Å². The van der Waals surface area contributed by atoms with Crippen molar-refractivity contribution in [2.24, 2.45) is 17.6 Å². The standard InChI is InChI=1S/C11H24N2O/c1-4-5-13(6-7-14)9-11(8-12)10(2)3/h4,10-11,14H,1,5-9,12H2,2-3H3. The summed E-state index contributed by atoms with van der Waals surface area (Å²) in [6.45, 7) is 11.4. The lowest BCUT2D eigenvalue weighted by atomic mass is 9.95. The molecule has 0 radical (unpaired) electrons. The average Bonchev–Trinajstić information content (AvgIpc) is 2.14. The molecule has 0 aliphatic carbocycles. The molecule has 1 unspecified atom stereocenters. The average molecular weight is 200 g/mol. The van der Waals surface area contributed by atoms with Crippen LogP contribution in [0.5, 0.6) is 0 Å². The molecule has 0 aliphatic rings. The van der Waals surface area contributed by atoms with Crippen molar-refractivity contribution in [1.82, 2.24) is 4.90 Å². The third-order valence-corrected chi connectivity index (χ3v) is 2.54. The molecular weight excluding hydrogens is 176 g/mol. The van der Waals surface area contributed by atoms with Gasteiger partial charge in [-0.3, -0.25) is 4.90 Å². The fourth-order valence-electron chi connectivity index (χ4n) is 1.47. The molecule has 0 saturated heterocycles. The quantitative estimate of drug-likeness (QED) is 0.567. The first-order valence-electron chi connectivity index (χ1n) is 5.29. The summed E-state index contributed by atoms with van der Waals surface area (Å²) in [5.41, 5.74) is 5.70. The summed E-state index contributed by atoms with van der Waals surface area (Å²) in [5, 5.41) is 8.88. The third-order valence-electron chi connectivity index (χ3n) is 2.54. The van der Waals surface area contributed by atoms with Crippen molar-refractivity contribution in [2.75, 3.05) is 32.8 Å². The lowest BCUT2D eigenvalue weighted by Gasteiger charge is -2.27. The van der Waals surface area contributed by atoms with Crippen LogP contribution in [0.1, 0.15) is 13.8 Å². The topological polar surface area (TPSA) is 49.5 Å². The van der Waals surface area contributed by atoms with Gasteiger partial charge >= 0.3 is 0 Å². The zero-order chi connectivity index (χ0) is 11.0. The highest BCUT2D eigenvalue weighted by Crippen LogP contribution is 2.10. The van der Waals surface area contributed by atoms with Gasteiger partial charge in [-0.2, -0.15) is 0 Å². The molecule has 0 aliphatic heterocycles. The molecule has 0 heterocycles. The van der Waals surface area contributed by atoms with Gasteiger partial charge in [0, 0.05) is 19.6 Å². The number of hydrogen-bond acceptors (Lipinski definition) is 3. The lowest BCUT2D eigenvalue weighted by Crippen LogP contribution is -2.37. The zero-order valence-corrected chi connectivity index (χ0v) is 9.45. The molecule has 3 N–H and O–H groups in total. The van der Waals surface area contributed by atoms with E-state index in [0.717, 1.165) is 13.1 Å². The molecule has 1 atom stereocenters. The summed E-state index contributed by atoms with van der Waals surface area (Å²) in [6.07, 6.45) is 1.86. The lowest BCUT2D eigenvalue weighted by molar-refractivity contribution is 0.174. The van der Waals surface area contributed by atoms with E-state index in [9.17, 15) is 0 Å². The van der Waals surface area contributed by atoms with Gasteiger partial charge in [-0.1, -0.05) is 19.9 Å². The second-order valence-corrected chi connectivity index (χ2v) is 4.01. The van der Waals surface area contributed by atoms with E-state index in [-0.39, 0.29) is 6.61 Å². The molecule has 0 aromatic heterocycles. The van der Waals surface area contributed by atoms with Crippen LogP contribution in [-0.2, 0) is 0 Å². The molecule has 3 heteroatoms. The molecule has 0 aromatic carbocycles. The van der Waals surface area contributed by atoms with Gasteiger partial charge in [-0.25, -0.2) is 0 Å². The SMILES string of the molecule is C=CCN(CCO)CC(CN)C(C)C. The van der Waals surface area contributed by atoms with Crippen LogP contribution in [0.4, 0.5) is 0 Å². The Hall–Kier alpha value is -0.380. The number of nitrogens with two attached hydrogens (primary N) is 1. The predicted molar refractivity (Wildman–Crippen MR) is 61.1 cm³/mol. The minimum Gasteiger partial charge on any atom is -0.395 e. The zero-order valence-electron chi connectivity index (χ0n) is 9.45. The van der Waals surface area contributed by atoms with Crippen LogP contribution in [0.3, 0.4) is 0 Å². The van der Waals surface area contributed by atoms with Crippen molar-refractivity contribution >= 4 is 0 Å². The van der Waals surface area contributed by atoms with E-state index in [1.807, 2.05) is 6.08 Å². The van der Waals surface area contributed by atoms with Gasteiger partial charge in [-0.15, -0.1) is 6.58 Å². The minimum atomic E-state index is 0.198. The number of rotatable bonds is 8. The predicted octanol–water partition coefficient (Wildman–Crippen LogP) is 0.698. The molecule has 3 nitrogen and oxygen atoms in total. The van der Waals surface area contributed by atoms with Crippen LogP contribution in [0, 0.1) is 11.8 Å². The minimum absolute atomic E-state index is 0.198. The number of nitrogens with zero attached hydrogens (tertiary/aromatic N) is 1. The maximum absolute atomic E-state index is 8.88. The summed E-state index contributed by atoms with van der Waals surface area (Å²) in [7, 11) is 0. The summed E-state index contributed by atoms with van der Waals surface area (Å²) < 4.78 is 0. The first-order chi connectivity index (χ1) is 6.65. The molecule has 14 heavy (non-hydrogen) atoms. The maximum atomic E-state index is 8.88. The van der Waals surface area contributed by atoms with Crippen molar-refractivity contribution in [3.63, 3.8) is 0 Å².